The first-order valence-electron chi connectivity index (χ1n) is 15.1. The Hall–Kier alpha value is -1.16. The maximum atomic E-state index is 11.4. The molecule has 0 fully saturated rings. The standard InChI is InChI=1S/C30H57O6P/c1-5-6-7-8-9-10-11-12-13-14-15-16-17-18-19-20-21-22-23-24-25-37-26-30(34-27(2)31,35-28(3)32)36-29(4)33/h37H,5-26H2,1-4H3. The molecule has 0 spiro atoms. The van der Waals surface area contributed by atoms with Gasteiger partial charge in [0, 0.05) is 20.8 Å². The van der Waals surface area contributed by atoms with E-state index in [4.69, 9.17) is 14.2 Å². The topological polar surface area (TPSA) is 78.9 Å². The van der Waals surface area contributed by atoms with Crippen LogP contribution in [-0.2, 0) is 28.6 Å². The van der Waals surface area contributed by atoms with Gasteiger partial charge in [-0.3, -0.25) is 14.4 Å². The predicted octanol–water partition coefficient (Wildman–Crippen LogP) is 8.83. The minimum Gasteiger partial charge on any atom is -0.388 e. The van der Waals surface area contributed by atoms with Crippen LogP contribution in [0.25, 0.3) is 0 Å². The summed E-state index contributed by atoms with van der Waals surface area (Å²) in [5.74, 6) is -3.92. The van der Waals surface area contributed by atoms with Crippen LogP contribution >= 0.6 is 8.58 Å². The van der Waals surface area contributed by atoms with Crippen LogP contribution in [0.3, 0.4) is 0 Å². The van der Waals surface area contributed by atoms with Gasteiger partial charge in [-0.1, -0.05) is 129 Å². The Balaban J connectivity index is 3.59. The second kappa shape index (κ2) is 25.1. The summed E-state index contributed by atoms with van der Waals surface area (Å²) < 4.78 is 15.3. The molecule has 218 valence electrons. The minimum absolute atomic E-state index is 0.171. The first kappa shape index (κ1) is 35.8. The first-order chi connectivity index (χ1) is 17.8. The molecule has 37 heavy (non-hydrogen) atoms. The molecule has 0 aliphatic heterocycles. The fourth-order valence-corrected chi connectivity index (χ4v) is 5.77. The molecule has 0 aromatic rings. The lowest BCUT2D eigenvalue weighted by Crippen LogP contribution is -2.45. The summed E-state index contributed by atoms with van der Waals surface area (Å²) in [5, 5.41) is 0. The van der Waals surface area contributed by atoms with Gasteiger partial charge in [0.25, 0.3) is 0 Å². The van der Waals surface area contributed by atoms with Gasteiger partial charge in [0.1, 0.15) is 0 Å². The Labute approximate surface area is 229 Å². The average Bonchev–Trinajstić information content (AvgIpc) is 2.81. The van der Waals surface area contributed by atoms with Gasteiger partial charge in [-0.25, -0.2) is 0 Å². The highest BCUT2D eigenvalue weighted by Crippen LogP contribution is 2.27. The molecule has 7 heteroatoms. The summed E-state index contributed by atoms with van der Waals surface area (Å²) in [6, 6.07) is 0. The molecular formula is C30H57O6P. The number of ether oxygens (including phenoxy) is 3. The van der Waals surface area contributed by atoms with Gasteiger partial charge in [0.05, 0.1) is 6.16 Å². The van der Waals surface area contributed by atoms with Gasteiger partial charge >= 0.3 is 23.9 Å². The van der Waals surface area contributed by atoms with E-state index in [0.717, 1.165) is 19.0 Å². The third-order valence-electron chi connectivity index (χ3n) is 6.45. The van der Waals surface area contributed by atoms with E-state index in [9.17, 15) is 14.4 Å². The molecule has 6 nitrogen and oxygen atoms in total. The normalized spacial score (nSPS) is 11.7. The molecule has 0 aliphatic rings. The quantitative estimate of drug-likeness (QED) is 0.0468. The van der Waals surface area contributed by atoms with Crippen molar-refractivity contribution in [2.75, 3.05) is 12.3 Å². The van der Waals surface area contributed by atoms with E-state index >= 15 is 0 Å². The summed E-state index contributed by atoms with van der Waals surface area (Å²) >= 11 is 0. The lowest BCUT2D eigenvalue weighted by Gasteiger charge is -2.30. The first-order valence-corrected chi connectivity index (χ1v) is 16.5. The SMILES string of the molecule is CCCCCCCCCCCCCCCCCCCCCCPCC(OC(C)=O)(OC(C)=O)OC(C)=O. The van der Waals surface area contributed by atoms with E-state index in [1.54, 1.807) is 0 Å². The largest absolute Gasteiger partial charge is 0.427 e. The van der Waals surface area contributed by atoms with Crippen molar-refractivity contribution < 1.29 is 28.6 Å². The van der Waals surface area contributed by atoms with Crippen molar-refractivity contribution in [3.63, 3.8) is 0 Å². The van der Waals surface area contributed by atoms with E-state index in [-0.39, 0.29) is 6.16 Å². The highest BCUT2D eigenvalue weighted by Gasteiger charge is 2.41. The average molecular weight is 545 g/mol. The lowest BCUT2D eigenvalue weighted by molar-refractivity contribution is -0.315. The Bertz CT molecular complexity index is 540. The second-order valence-corrected chi connectivity index (χ2v) is 11.7. The zero-order chi connectivity index (χ0) is 27.6. The van der Waals surface area contributed by atoms with Crippen LogP contribution in [0.2, 0.25) is 0 Å². The molecule has 0 aromatic carbocycles. The third kappa shape index (κ3) is 24.9. The number of carbonyl (C=O) groups is 3. The monoisotopic (exact) mass is 544 g/mol. The summed E-state index contributed by atoms with van der Waals surface area (Å²) in [5.41, 5.74) is 0. The van der Waals surface area contributed by atoms with Crippen LogP contribution in [0, 0.1) is 0 Å². The minimum atomic E-state index is -1.94. The summed E-state index contributed by atoms with van der Waals surface area (Å²) in [4.78, 5) is 34.3. The zero-order valence-electron chi connectivity index (χ0n) is 24.5. The number of hydrogen-bond acceptors (Lipinski definition) is 6. The predicted molar refractivity (Wildman–Crippen MR) is 154 cm³/mol. The molecule has 0 saturated heterocycles. The van der Waals surface area contributed by atoms with Crippen molar-refractivity contribution in [1.82, 2.24) is 0 Å². The third-order valence-corrected chi connectivity index (χ3v) is 7.84. The molecule has 1 atom stereocenters. The van der Waals surface area contributed by atoms with Crippen molar-refractivity contribution in [3.8, 4) is 0 Å². The number of hydrogen-bond donors (Lipinski definition) is 0. The van der Waals surface area contributed by atoms with Gasteiger partial charge < -0.3 is 14.2 Å². The van der Waals surface area contributed by atoms with Crippen molar-refractivity contribution in [1.29, 1.82) is 0 Å². The van der Waals surface area contributed by atoms with Crippen LogP contribution < -0.4 is 0 Å². The summed E-state index contributed by atoms with van der Waals surface area (Å²) in [6.07, 6.45) is 28.2. The van der Waals surface area contributed by atoms with Crippen LogP contribution in [0.1, 0.15) is 156 Å². The van der Waals surface area contributed by atoms with E-state index in [1.165, 1.54) is 136 Å². The molecule has 0 aliphatic carbocycles. The van der Waals surface area contributed by atoms with Crippen LogP contribution in [0.4, 0.5) is 0 Å². The molecule has 0 heterocycles. The fourth-order valence-electron chi connectivity index (χ4n) is 4.57. The molecule has 0 aromatic heterocycles. The van der Waals surface area contributed by atoms with E-state index < -0.39 is 23.9 Å². The highest BCUT2D eigenvalue weighted by atomic mass is 31.1. The molecule has 0 radical (unpaired) electrons. The molecule has 0 bridgehead atoms. The molecule has 0 N–H and O–H groups in total. The molecule has 1 unspecified atom stereocenters. The zero-order valence-corrected chi connectivity index (χ0v) is 25.5. The van der Waals surface area contributed by atoms with E-state index in [0.29, 0.717) is 8.58 Å². The van der Waals surface area contributed by atoms with Gasteiger partial charge in [-0.05, 0) is 12.6 Å². The number of rotatable bonds is 26. The van der Waals surface area contributed by atoms with Gasteiger partial charge in [0.2, 0.25) is 0 Å². The number of unbranched alkanes of at least 4 members (excludes halogenated alkanes) is 19. The Morgan fingerprint density at radius 1 is 0.486 bits per heavy atom. The lowest BCUT2D eigenvalue weighted by atomic mass is 10.0. The molecular weight excluding hydrogens is 487 g/mol. The summed E-state index contributed by atoms with van der Waals surface area (Å²) in [6.45, 7) is 5.87. The van der Waals surface area contributed by atoms with Crippen molar-refractivity contribution >= 4 is 26.5 Å². The van der Waals surface area contributed by atoms with Crippen LogP contribution in [-0.4, -0.2) is 36.2 Å². The highest BCUT2D eigenvalue weighted by molar-refractivity contribution is 7.38. The number of carbonyl (C=O) groups excluding carboxylic acids is 3. The molecule has 0 saturated carbocycles. The Morgan fingerprint density at radius 3 is 1.03 bits per heavy atom. The Morgan fingerprint density at radius 2 is 0.757 bits per heavy atom. The van der Waals surface area contributed by atoms with Crippen LogP contribution in [0.15, 0.2) is 0 Å². The van der Waals surface area contributed by atoms with Gasteiger partial charge in [0.15, 0.2) is 0 Å². The molecule has 0 amide bonds. The number of esters is 3. The van der Waals surface area contributed by atoms with Crippen molar-refractivity contribution in [2.45, 2.75) is 162 Å². The van der Waals surface area contributed by atoms with E-state index in [1.807, 2.05) is 0 Å². The van der Waals surface area contributed by atoms with Gasteiger partial charge in [-0.2, -0.15) is 0 Å². The van der Waals surface area contributed by atoms with Crippen LogP contribution in [0.5, 0.6) is 0 Å². The summed E-state index contributed by atoms with van der Waals surface area (Å²) in [7, 11) is 0.361. The Kier molecular flexibility index (Phi) is 24.3. The fraction of sp³-hybridized carbons (Fsp3) is 0.900. The van der Waals surface area contributed by atoms with E-state index in [2.05, 4.69) is 6.92 Å². The second-order valence-electron chi connectivity index (χ2n) is 10.4. The maximum Gasteiger partial charge on any atom is 0.427 e. The maximum absolute atomic E-state index is 11.4. The van der Waals surface area contributed by atoms with Crippen molar-refractivity contribution in [2.24, 2.45) is 0 Å². The van der Waals surface area contributed by atoms with Crippen molar-refractivity contribution in [3.05, 3.63) is 0 Å². The smallest absolute Gasteiger partial charge is 0.388 e. The van der Waals surface area contributed by atoms with Gasteiger partial charge in [-0.15, -0.1) is 8.58 Å². The molecule has 0 rings (SSSR count).